The number of pyridine rings is 1. The second-order valence-corrected chi connectivity index (χ2v) is 5.92. The molecule has 0 radical (unpaired) electrons. The molecule has 6 nitrogen and oxygen atoms in total. The molecule has 2 heterocycles. The molecule has 2 aromatic rings. The molecule has 0 aliphatic heterocycles. The van der Waals surface area contributed by atoms with Crippen molar-refractivity contribution in [2.75, 3.05) is 20.2 Å². The first-order chi connectivity index (χ1) is 11.2. The molecule has 132 valence electrons. The fourth-order valence-electron chi connectivity index (χ4n) is 2.06. The van der Waals surface area contributed by atoms with Crippen LogP contribution in [0.15, 0.2) is 28.7 Å². The number of halogens is 1. The summed E-state index contributed by atoms with van der Waals surface area (Å²) < 4.78 is 5.53. The lowest BCUT2D eigenvalue weighted by Crippen LogP contribution is -2.38. The van der Waals surface area contributed by atoms with Crippen molar-refractivity contribution in [1.82, 2.24) is 20.6 Å². The van der Waals surface area contributed by atoms with Gasteiger partial charge in [0.25, 0.3) is 0 Å². The Hall–Kier alpha value is -1.42. The molecular formula is C16H24IN5OS. The van der Waals surface area contributed by atoms with Crippen molar-refractivity contribution in [3.8, 4) is 5.88 Å². The van der Waals surface area contributed by atoms with Gasteiger partial charge in [-0.1, -0.05) is 6.07 Å². The van der Waals surface area contributed by atoms with Crippen molar-refractivity contribution in [2.24, 2.45) is 4.99 Å². The van der Waals surface area contributed by atoms with E-state index in [1.165, 1.54) is 0 Å². The zero-order valence-electron chi connectivity index (χ0n) is 14.2. The van der Waals surface area contributed by atoms with Crippen LogP contribution in [0, 0.1) is 6.92 Å². The third-order valence-electron chi connectivity index (χ3n) is 3.14. The number of nitrogens with one attached hydrogen (secondary N) is 2. The van der Waals surface area contributed by atoms with Gasteiger partial charge in [-0.25, -0.2) is 9.97 Å². The van der Waals surface area contributed by atoms with E-state index in [1.807, 2.05) is 26.0 Å². The summed E-state index contributed by atoms with van der Waals surface area (Å²) in [6.07, 6.45) is 2.61. The Labute approximate surface area is 164 Å². The molecule has 0 atom stereocenters. The molecule has 0 bridgehead atoms. The van der Waals surface area contributed by atoms with Crippen molar-refractivity contribution in [3.63, 3.8) is 0 Å². The molecule has 0 spiro atoms. The van der Waals surface area contributed by atoms with Crippen LogP contribution in [-0.4, -0.2) is 36.1 Å². The summed E-state index contributed by atoms with van der Waals surface area (Å²) >= 11 is 1.68. The molecule has 2 N–H and O–H groups in total. The summed E-state index contributed by atoms with van der Waals surface area (Å²) in [5.41, 5.74) is 2.12. The smallest absolute Gasteiger partial charge is 0.218 e. The van der Waals surface area contributed by atoms with Gasteiger partial charge in [0.05, 0.1) is 17.3 Å². The van der Waals surface area contributed by atoms with E-state index in [2.05, 4.69) is 31.0 Å². The highest BCUT2D eigenvalue weighted by atomic mass is 127. The minimum Gasteiger partial charge on any atom is -0.478 e. The summed E-state index contributed by atoms with van der Waals surface area (Å²) in [6.45, 7) is 5.97. The highest BCUT2D eigenvalue weighted by molar-refractivity contribution is 14.0. The predicted molar refractivity (Wildman–Crippen MR) is 110 cm³/mol. The molecule has 0 fully saturated rings. The number of ether oxygens (including phenoxy) is 1. The number of aryl methyl sites for hydroxylation is 1. The Morgan fingerprint density at radius 1 is 1.38 bits per heavy atom. The average molecular weight is 461 g/mol. The molecule has 8 heteroatoms. The lowest BCUT2D eigenvalue weighted by Gasteiger charge is -2.13. The standard InChI is InChI=1S/C16H23N5OS.HI/c1-4-22-15-13(6-5-8-18-15)10-20-16(17-3)19-9-7-14-11-23-12(2)21-14;/h5-6,8,11H,4,7,9-10H2,1-3H3,(H2,17,19,20);1H. The van der Waals surface area contributed by atoms with Crippen LogP contribution in [0.1, 0.15) is 23.2 Å². The highest BCUT2D eigenvalue weighted by Crippen LogP contribution is 2.13. The van der Waals surface area contributed by atoms with Crippen LogP contribution in [0.25, 0.3) is 0 Å². The summed E-state index contributed by atoms with van der Waals surface area (Å²) in [6, 6.07) is 3.90. The maximum Gasteiger partial charge on any atom is 0.218 e. The van der Waals surface area contributed by atoms with E-state index in [9.17, 15) is 0 Å². The molecule has 0 unspecified atom stereocenters. The van der Waals surface area contributed by atoms with Gasteiger partial charge in [0.2, 0.25) is 5.88 Å². The Morgan fingerprint density at radius 3 is 2.88 bits per heavy atom. The average Bonchev–Trinajstić information content (AvgIpc) is 2.97. The number of aliphatic imine (C=N–C) groups is 1. The van der Waals surface area contributed by atoms with Crippen molar-refractivity contribution in [2.45, 2.75) is 26.8 Å². The number of nitrogens with zero attached hydrogens (tertiary/aromatic N) is 3. The van der Waals surface area contributed by atoms with Gasteiger partial charge in [0.1, 0.15) is 0 Å². The molecule has 24 heavy (non-hydrogen) atoms. The number of thiazole rings is 1. The topological polar surface area (TPSA) is 71.4 Å². The van der Waals surface area contributed by atoms with E-state index in [-0.39, 0.29) is 24.0 Å². The molecule has 0 saturated carbocycles. The minimum absolute atomic E-state index is 0. The molecule has 0 aliphatic carbocycles. The summed E-state index contributed by atoms with van der Waals surface area (Å²) in [4.78, 5) is 12.9. The van der Waals surface area contributed by atoms with Crippen LogP contribution in [0.4, 0.5) is 0 Å². The molecule has 2 rings (SSSR count). The number of aromatic nitrogens is 2. The monoisotopic (exact) mass is 461 g/mol. The van der Waals surface area contributed by atoms with Crippen molar-refractivity contribution in [3.05, 3.63) is 40.0 Å². The van der Waals surface area contributed by atoms with Crippen LogP contribution in [0.3, 0.4) is 0 Å². The van der Waals surface area contributed by atoms with E-state index >= 15 is 0 Å². The SMILES string of the molecule is CCOc1ncccc1CNC(=NC)NCCc1csc(C)n1.I. The second-order valence-electron chi connectivity index (χ2n) is 4.86. The number of guanidine groups is 1. The second kappa shape index (κ2) is 11.2. The Bertz CT molecular complexity index is 647. The Morgan fingerprint density at radius 2 is 2.21 bits per heavy atom. The largest absolute Gasteiger partial charge is 0.478 e. The molecule has 0 saturated heterocycles. The zero-order chi connectivity index (χ0) is 16.5. The highest BCUT2D eigenvalue weighted by Gasteiger charge is 2.05. The first-order valence-corrected chi connectivity index (χ1v) is 8.53. The third-order valence-corrected chi connectivity index (χ3v) is 3.96. The van der Waals surface area contributed by atoms with E-state index in [0.717, 1.165) is 35.2 Å². The molecule has 0 aromatic carbocycles. The van der Waals surface area contributed by atoms with Crippen LogP contribution >= 0.6 is 35.3 Å². The van der Waals surface area contributed by atoms with Gasteiger partial charge in [-0.3, -0.25) is 4.99 Å². The van der Waals surface area contributed by atoms with Crippen LogP contribution in [0.5, 0.6) is 5.88 Å². The molecule has 2 aromatic heterocycles. The van der Waals surface area contributed by atoms with E-state index in [1.54, 1.807) is 24.6 Å². The lowest BCUT2D eigenvalue weighted by molar-refractivity contribution is 0.322. The van der Waals surface area contributed by atoms with Crippen LogP contribution in [-0.2, 0) is 13.0 Å². The predicted octanol–water partition coefficient (Wildman–Crippen LogP) is 2.77. The van der Waals surface area contributed by atoms with Crippen molar-refractivity contribution < 1.29 is 4.74 Å². The maximum absolute atomic E-state index is 5.53. The van der Waals surface area contributed by atoms with Crippen molar-refractivity contribution >= 4 is 41.3 Å². The number of hydrogen-bond donors (Lipinski definition) is 2. The van der Waals surface area contributed by atoms with Crippen molar-refractivity contribution in [1.29, 1.82) is 0 Å². The summed E-state index contributed by atoms with van der Waals surface area (Å²) in [5, 5.41) is 9.76. The first kappa shape index (κ1) is 20.6. The van der Waals surface area contributed by atoms with Gasteiger partial charge < -0.3 is 15.4 Å². The minimum atomic E-state index is 0. The zero-order valence-corrected chi connectivity index (χ0v) is 17.4. The molecular weight excluding hydrogens is 437 g/mol. The van der Waals surface area contributed by atoms with E-state index in [0.29, 0.717) is 19.0 Å². The quantitative estimate of drug-likeness (QED) is 0.377. The van der Waals surface area contributed by atoms with Crippen LogP contribution in [0.2, 0.25) is 0 Å². The maximum atomic E-state index is 5.53. The van der Waals surface area contributed by atoms with Crippen LogP contribution < -0.4 is 15.4 Å². The third kappa shape index (κ3) is 6.60. The Balaban J connectivity index is 0.00000288. The van der Waals surface area contributed by atoms with Gasteiger partial charge in [0.15, 0.2) is 5.96 Å². The van der Waals surface area contributed by atoms with Gasteiger partial charge in [-0.15, -0.1) is 35.3 Å². The fourth-order valence-corrected chi connectivity index (χ4v) is 2.70. The normalized spacial score (nSPS) is 10.9. The Kier molecular flexibility index (Phi) is 9.62. The van der Waals surface area contributed by atoms with Gasteiger partial charge in [0, 0.05) is 43.7 Å². The van der Waals surface area contributed by atoms with E-state index in [4.69, 9.17) is 4.74 Å². The lowest BCUT2D eigenvalue weighted by atomic mass is 10.2. The number of hydrogen-bond acceptors (Lipinski definition) is 5. The number of rotatable bonds is 7. The fraction of sp³-hybridized carbons (Fsp3) is 0.438. The van der Waals surface area contributed by atoms with Gasteiger partial charge >= 0.3 is 0 Å². The van der Waals surface area contributed by atoms with Gasteiger partial charge in [-0.05, 0) is 19.9 Å². The molecule has 0 amide bonds. The summed E-state index contributed by atoms with van der Waals surface area (Å²) in [5.74, 6) is 1.42. The first-order valence-electron chi connectivity index (χ1n) is 7.65. The molecule has 0 aliphatic rings. The summed E-state index contributed by atoms with van der Waals surface area (Å²) in [7, 11) is 1.76. The van der Waals surface area contributed by atoms with Gasteiger partial charge in [-0.2, -0.15) is 0 Å². The van der Waals surface area contributed by atoms with E-state index < -0.39 is 0 Å².